The summed E-state index contributed by atoms with van der Waals surface area (Å²) in [5.74, 6) is -0.618. The molecule has 0 fully saturated rings. The highest BCUT2D eigenvalue weighted by Gasteiger charge is 2.12. The molecule has 1 rings (SSSR count). The normalized spacial score (nSPS) is 11.0. The van der Waals surface area contributed by atoms with Crippen LogP contribution in [0.1, 0.15) is 48.2 Å². The number of hydrogen-bond acceptors (Lipinski definition) is 2. The minimum absolute atomic E-state index is 0.107. The van der Waals surface area contributed by atoms with Crippen LogP contribution in [0.15, 0.2) is 24.3 Å². The van der Waals surface area contributed by atoms with Crippen LogP contribution < -0.4 is 5.32 Å². The van der Waals surface area contributed by atoms with E-state index >= 15 is 0 Å². The Morgan fingerprint density at radius 3 is 2.52 bits per heavy atom. The Labute approximate surface area is 125 Å². The summed E-state index contributed by atoms with van der Waals surface area (Å²) in [4.78, 5) is 22.8. The molecule has 1 aromatic rings. The predicted molar refractivity (Wildman–Crippen MR) is 84.3 cm³/mol. The van der Waals surface area contributed by atoms with Gasteiger partial charge in [-0.05, 0) is 36.1 Å². The molecule has 0 radical (unpaired) electrons. The molecule has 4 nitrogen and oxygen atoms in total. The molecule has 0 aliphatic heterocycles. The molecule has 0 saturated carbocycles. The van der Waals surface area contributed by atoms with Crippen molar-refractivity contribution in [3.8, 4) is 0 Å². The van der Waals surface area contributed by atoms with E-state index in [2.05, 4.69) is 19.2 Å². The second-order valence-electron chi connectivity index (χ2n) is 5.08. The van der Waals surface area contributed by atoms with Gasteiger partial charge in [0.15, 0.2) is 0 Å². The van der Waals surface area contributed by atoms with Gasteiger partial charge in [0.05, 0.1) is 0 Å². The van der Waals surface area contributed by atoms with Gasteiger partial charge in [-0.25, -0.2) is 4.79 Å². The van der Waals surface area contributed by atoms with Crippen molar-refractivity contribution in [2.45, 2.75) is 33.6 Å². The number of hydrogen-bond donors (Lipinski definition) is 2. The fourth-order valence-corrected chi connectivity index (χ4v) is 2.15. The summed E-state index contributed by atoms with van der Waals surface area (Å²) in [6.45, 7) is 6.72. The van der Waals surface area contributed by atoms with Crippen LogP contribution in [0.3, 0.4) is 0 Å². The van der Waals surface area contributed by atoms with Crippen LogP contribution in [0.5, 0.6) is 0 Å². The van der Waals surface area contributed by atoms with E-state index in [4.69, 9.17) is 5.11 Å². The van der Waals surface area contributed by atoms with Crippen molar-refractivity contribution in [2.75, 3.05) is 6.54 Å². The molecular weight excluding hydrogens is 266 g/mol. The van der Waals surface area contributed by atoms with E-state index in [0.717, 1.165) is 30.0 Å². The highest BCUT2D eigenvalue weighted by Crippen LogP contribution is 2.16. The van der Waals surface area contributed by atoms with Crippen molar-refractivity contribution in [3.05, 3.63) is 41.0 Å². The molecule has 0 heterocycles. The predicted octanol–water partition coefficient (Wildman–Crippen LogP) is 3.26. The van der Waals surface area contributed by atoms with Crippen LogP contribution >= 0.6 is 0 Å². The first-order valence-corrected chi connectivity index (χ1v) is 7.28. The minimum atomic E-state index is -1.00. The number of amides is 1. The van der Waals surface area contributed by atoms with Crippen molar-refractivity contribution in [1.29, 1.82) is 0 Å². The van der Waals surface area contributed by atoms with Crippen molar-refractivity contribution in [3.63, 3.8) is 0 Å². The fraction of sp³-hybridized carbons (Fsp3) is 0.412. The van der Waals surface area contributed by atoms with E-state index in [1.54, 1.807) is 18.2 Å². The van der Waals surface area contributed by atoms with Gasteiger partial charge >= 0.3 is 5.97 Å². The summed E-state index contributed by atoms with van der Waals surface area (Å²) in [5.41, 5.74) is 2.12. The number of carboxylic acids is 1. The first-order valence-electron chi connectivity index (χ1n) is 7.28. The van der Waals surface area contributed by atoms with Crippen LogP contribution in [0.4, 0.5) is 0 Å². The maximum absolute atomic E-state index is 12.2. The van der Waals surface area contributed by atoms with Gasteiger partial charge in [-0.15, -0.1) is 0 Å². The van der Waals surface area contributed by atoms with Gasteiger partial charge in [0, 0.05) is 18.2 Å². The molecule has 2 N–H and O–H groups in total. The fourth-order valence-electron chi connectivity index (χ4n) is 2.15. The Morgan fingerprint density at radius 2 is 1.95 bits per heavy atom. The Morgan fingerprint density at radius 1 is 1.29 bits per heavy atom. The smallest absolute Gasteiger partial charge is 0.328 e. The Hall–Kier alpha value is -2.10. The number of aliphatic carboxylic acids is 1. The first-order chi connectivity index (χ1) is 9.99. The van der Waals surface area contributed by atoms with Gasteiger partial charge in [0.25, 0.3) is 5.91 Å². The third kappa shape index (κ3) is 5.06. The van der Waals surface area contributed by atoms with E-state index in [9.17, 15) is 9.59 Å². The molecule has 21 heavy (non-hydrogen) atoms. The molecule has 0 aliphatic rings. The SMILES string of the molecule is CCC(CC)CNC(=O)c1cccc(/C=C/C(=O)O)c1C. The number of nitrogens with one attached hydrogen (secondary N) is 1. The Kier molecular flexibility index (Phi) is 6.66. The third-order valence-electron chi connectivity index (χ3n) is 3.73. The van der Waals surface area contributed by atoms with E-state index in [-0.39, 0.29) is 5.91 Å². The van der Waals surface area contributed by atoms with Gasteiger partial charge in [-0.2, -0.15) is 0 Å². The maximum atomic E-state index is 12.2. The molecule has 0 atom stereocenters. The zero-order valence-corrected chi connectivity index (χ0v) is 12.8. The highest BCUT2D eigenvalue weighted by molar-refractivity contribution is 5.97. The van der Waals surface area contributed by atoms with Gasteiger partial charge in [-0.3, -0.25) is 4.79 Å². The number of carbonyl (C=O) groups excluding carboxylic acids is 1. The lowest BCUT2D eigenvalue weighted by atomic mass is 10.0. The summed E-state index contributed by atoms with van der Waals surface area (Å²) in [5, 5.41) is 11.6. The van der Waals surface area contributed by atoms with Gasteiger partial charge in [0.1, 0.15) is 0 Å². The van der Waals surface area contributed by atoms with Crippen molar-refractivity contribution >= 4 is 18.0 Å². The Bertz CT molecular complexity index is 531. The van der Waals surface area contributed by atoms with E-state index in [1.165, 1.54) is 6.08 Å². The van der Waals surface area contributed by atoms with Crippen molar-refractivity contribution in [2.24, 2.45) is 5.92 Å². The van der Waals surface area contributed by atoms with E-state index in [1.807, 2.05) is 6.92 Å². The summed E-state index contributed by atoms with van der Waals surface area (Å²) in [6.07, 6.45) is 4.66. The highest BCUT2D eigenvalue weighted by atomic mass is 16.4. The van der Waals surface area contributed by atoms with Crippen LogP contribution in [0, 0.1) is 12.8 Å². The molecule has 0 aliphatic carbocycles. The van der Waals surface area contributed by atoms with Crippen LogP contribution in [-0.2, 0) is 4.79 Å². The topological polar surface area (TPSA) is 66.4 Å². The zero-order chi connectivity index (χ0) is 15.8. The molecular formula is C17H23NO3. The lowest BCUT2D eigenvalue weighted by Gasteiger charge is -2.14. The number of rotatable bonds is 7. The summed E-state index contributed by atoms with van der Waals surface area (Å²) < 4.78 is 0. The monoisotopic (exact) mass is 289 g/mol. The first kappa shape index (κ1) is 17.0. The summed E-state index contributed by atoms with van der Waals surface area (Å²) in [6, 6.07) is 5.32. The third-order valence-corrected chi connectivity index (χ3v) is 3.73. The molecule has 0 bridgehead atoms. The number of benzene rings is 1. The molecule has 1 aromatic carbocycles. The Balaban J connectivity index is 2.85. The standard InChI is InChI=1S/C17H23NO3/c1-4-13(5-2)11-18-17(21)15-8-6-7-14(12(15)3)9-10-16(19)20/h6-10,13H,4-5,11H2,1-3H3,(H,18,21)(H,19,20)/b10-9+. The van der Waals surface area contributed by atoms with Crippen molar-refractivity contribution < 1.29 is 14.7 Å². The van der Waals surface area contributed by atoms with Crippen LogP contribution in [0.25, 0.3) is 6.08 Å². The van der Waals surface area contributed by atoms with E-state index in [0.29, 0.717) is 18.0 Å². The number of carboxylic acid groups (broad SMARTS) is 1. The molecule has 4 heteroatoms. The van der Waals surface area contributed by atoms with Crippen LogP contribution in [-0.4, -0.2) is 23.5 Å². The molecule has 0 saturated heterocycles. The molecule has 0 unspecified atom stereocenters. The molecule has 0 aromatic heterocycles. The summed E-state index contributed by atoms with van der Waals surface area (Å²) >= 11 is 0. The van der Waals surface area contributed by atoms with Crippen LogP contribution in [0.2, 0.25) is 0 Å². The average Bonchev–Trinajstić information content (AvgIpc) is 2.46. The molecule has 1 amide bonds. The zero-order valence-electron chi connectivity index (χ0n) is 12.8. The molecule has 0 spiro atoms. The second-order valence-corrected chi connectivity index (χ2v) is 5.08. The quantitative estimate of drug-likeness (QED) is 0.757. The average molecular weight is 289 g/mol. The maximum Gasteiger partial charge on any atom is 0.328 e. The lowest BCUT2D eigenvalue weighted by molar-refractivity contribution is -0.131. The number of carbonyl (C=O) groups is 2. The van der Waals surface area contributed by atoms with Crippen molar-refractivity contribution in [1.82, 2.24) is 5.32 Å². The minimum Gasteiger partial charge on any atom is -0.478 e. The summed E-state index contributed by atoms with van der Waals surface area (Å²) in [7, 11) is 0. The van der Waals surface area contributed by atoms with Gasteiger partial charge in [0.2, 0.25) is 0 Å². The lowest BCUT2D eigenvalue weighted by Crippen LogP contribution is -2.29. The molecule has 114 valence electrons. The second kappa shape index (κ2) is 8.25. The largest absolute Gasteiger partial charge is 0.478 e. The van der Waals surface area contributed by atoms with E-state index < -0.39 is 5.97 Å². The van der Waals surface area contributed by atoms with Gasteiger partial charge < -0.3 is 10.4 Å². The van der Waals surface area contributed by atoms with Gasteiger partial charge in [-0.1, -0.05) is 38.8 Å².